The monoisotopic (exact) mass is 573 g/mol. The van der Waals surface area contributed by atoms with Gasteiger partial charge in [0.05, 0.1) is 65.7 Å². The highest BCUT2D eigenvalue weighted by Crippen LogP contribution is 2.26. The van der Waals surface area contributed by atoms with Crippen molar-refractivity contribution in [3.05, 3.63) is 77.7 Å². The number of carbonyl (C=O) groups excluding carboxylic acids is 1. The van der Waals surface area contributed by atoms with Crippen LogP contribution in [0.2, 0.25) is 0 Å². The number of hydrogen-bond acceptors (Lipinski definition) is 9. The summed E-state index contributed by atoms with van der Waals surface area (Å²) in [6.45, 7) is 6.23. The van der Waals surface area contributed by atoms with E-state index in [4.69, 9.17) is 14.5 Å². The van der Waals surface area contributed by atoms with Crippen LogP contribution >= 0.6 is 0 Å². The maximum absolute atomic E-state index is 12.9. The zero-order valence-corrected chi connectivity index (χ0v) is 23.7. The van der Waals surface area contributed by atoms with Crippen molar-refractivity contribution < 1.29 is 22.7 Å². The van der Waals surface area contributed by atoms with Gasteiger partial charge in [-0.05, 0) is 55.8 Å². The number of carbonyl (C=O) groups is 1. The number of fused-ring (bicyclic) bond motifs is 2. The van der Waals surface area contributed by atoms with Crippen molar-refractivity contribution in [1.82, 2.24) is 20.3 Å². The summed E-state index contributed by atoms with van der Waals surface area (Å²) < 4.78 is 36.4. The number of ether oxygens (including phenoxy) is 2. The van der Waals surface area contributed by atoms with Crippen LogP contribution < -0.4 is 10.2 Å². The van der Waals surface area contributed by atoms with Crippen molar-refractivity contribution in [3.63, 3.8) is 0 Å². The van der Waals surface area contributed by atoms with Crippen LogP contribution in [0.25, 0.3) is 22.2 Å². The molecule has 3 aromatic heterocycles. The first kappa shape index (κ1) is 27.3. The molecule has 1 saturated heterocycles. The van der Waals surface area contributed by atoms with E-state index in [1.54, 1.807) is 24.5 Å². The molecule has 2 aliphatic rings. The Kier molecular flexibility index (Phi) is 7.41. The maximum Gasteiger partial charge on any atom is 0.251 e. The first-order chi connectivity index (χ1) is 19.7. The standard InChI is InChI=1S/C30H31N5O5S/c1-19-16-35(17-20(2)40-19)29-5-3-4-26(34-29)24-10-23-11-25(31-15-27(23)32-13-24)14-33-30(36)21-6-7-22-18-39-8-9-41(37,38)28(22)12-21/h3-7,10-13,15,19-20H,8-9,14,16-18H2,1-2H3,(H,33,36)/t19-,20+. The maximum atomic E-state index is 12.9. The number of hydrogen-bond donors (Lipinski definition) is 1. The van der Waals surface area contributed by atoms with Crippen LogP contribution in [0.15, 0.2) is 65.8 Å². The molecule has 5 heterocycles. The molecule has 2 aliphatic heterocycles. The smallest absolute Gasteiger partial charge is 0.251 e. The number of nitrogens with zero attached hydrogens (tertiary/aromatic N) is 4. The first-order valence-electron chi connectivity index (χ1n) is 13.6. The molecule has 212 valence electrons. The Morgan fingerprint density at radius 2 is 1.88 bits per heavy atom. The molecular formula is C30H31N5O5S. The number of aromatic nitrogens is 3. The Bertz CT molecular complexity index is 1720. The number of morpholine rings is 1. The molecule has 6 rings (SSSR count). The summed E-state index contributed by atoms with van der Waals surface area (Å²) in [6, 6.07) is 14.6. The van der Waals surface area contributed by atoms with Gasteiger partial charge < -0.3 is 19.7 Å². The molecule has 1 amide bonds. The number of pyridine rings is 3. The second-order valence-electron chi connectivity index (χ2n) is 10.5. The molecule has 1 fully saturated rings. The Balaban J connectivity index is 1.19. The third-order valence-corrected chi connectivity index (χ3v) is 9.00. The molecule has 1 N–H and O–H groups in total. The third-order valence-electron chi connectivity index (χ3n) is 7.25. The van der Waals surface area contributed by atoms with E-state index in [1.165, 1.54) is 6.07 Å². The molecule has 0 saturated carbocycles. The molecule has 41 heavy (non-hydrogen) atoms. The lowest BCUT2D eigenvalue weighted by atomic mass is 10.1. The lowest BCUT2D eigenvalue weighted by Crippen LogP contribution is -2.45. The van der Waals surface area contributed by atoms with E-state index in [0.29, 0.717) is 11.3 Å². The van der Waals surface area contributed by atoms with Gasteiger partial charge in [0.25, 0.3) is 5.91 Å². The number of sulfone groups is 1. The van der Waals surface area contributed by atoms with Crippen molar-refractivity contribution in [2.75, 3.05) is 30.3 Å². The highest BCUT2D eigenvalue weighted by molar-refractivity contribution is 7.91. The van der Waals surface area contributed by atoms with Crippen molar-refractivity contribution in [3.8, 4) is 11.3 Å². The summed E-state index contributed by atoms with van der Waals surface area (Å²) in [7, 11) is -3.50. The first-order valence-corrected chi connectivity index (χ1v) is 15.2. The van der Waals surface area contributed by atoms with E-state index >= 15 is 0 Å². The summed E-state index contributed by atoms with van der Waals surface area (Å²) in [5.41, 5.74) is 3.91. The van der Waals surface area contributed by atoms with Crippen molar-refractivity contribution in [2.24, 2.45) is 0 Å². The summed E-state index contributed by atoms with van der Waals surface area (Å²) in [5.74, 6) is 0.420. The minimum atomic E-state index is -3.50. The van der Waals surface area contributed by atoms with E-state index in [9.17, 15) is 13.2 Å². The average molecular weight is 574 g/mol. The topological polar surface area (TPSA) is 124 Å². The molecule has 0 aliphatic carbocycles. The van der Waals surface area contributed by atoms with Crippen molar-refractivity contribution in [2.45, 2.75) is 44.1 Å². The van der Waals surface area contributed by atoms with Crippen molar-refractivity contribution >= 4 is 32.5 Å². The second-order valence-corrected chi connectivity index (χ2v) is 12.6. The minimum Gasteiger partial charge on any atom is -0.376 e. The van der Waals surface area contributed by atoms with Gasteiger partial charge in [0.1, 0.15) is 5.82 Å². The Hall–Kier alpha value is -3.93. The van der Waals surface area contributed by atoms with Crippen LogP contribution in [-0.4, -0.2) is 66.9 Å². The van der Waals surface area contributed by atoms with Crippen LogP contribution in [0, 0.1) is 0 Å². The fourth-order valence-corrected chi connectivity index (χ4v) is 6.67. The fourth-order valence-electron chi connectivity index (χ4n) is 5.28. The van der Waals surface area contributed by atoms with E-state index in [2.05, 4.69) is 34.0 Å². The van der Waals surface area contributed by atoms with E-state index in [1.807, 2.05) is 30.3 Å². The summed E-state index contributed by atoms with van der Waals surface area (Å²) in [5, 5.41) is 3.72. The highest BCUT2D eigenvalue weighted by Gasteiger charge is 2.25. The van der Waals surface area contributed by atoms with Crippen LogP contribution in [0.1, 0.15) is 35.5 Å². The number of amides is 1. The number of benzene rings is 1. The summed E-state index contributed by atoms with van der Waals surface area (Å²) in [4.78, 5) is 29.2. The molecule has 10 nitrogen and oxygen atoms in total. The molecule has 11 heteroatoms. The van der Waals surface area contributed by atoms with Gasteiger partial charge in [-0.1, -0.05) is 12.1 Å². The van der Waals surface area contributed by atoms with Gasteiger partial charge in [0.2, 0.25) is 0 Å². The summed E-state index contributed by atoms with van der Waals surface area (Å²) in [6.07, 6.45) is 3.74. The minimum absolute atomic E-state index is 0.104. The SMILES string of the molecule is C[C@@H]1CN(c2cccc(-c3cnc4cnc(CNC(=O)c5ccc6c(c5)S(=O)(=O)CCOC6)cc4c3)n2)C[C@H](C)O1. The molecule has 2 atom stereocenters. The number of rotatable bonds is 5. The lowest BCUT2D eigenvalue weighted by Gasteiger charge is -2.36. The molecule has 4 aromatic rings. The van der Waals surface area contributed by atoms with Crippen LogP contribution in [-0.2, 0) is 32.5 Å². The Labute approximate surface area is 238 Å². The summed E-state index contributed by atoms with van der Waals surface area (Å²) >= 11 is 0. The van der Waals surface area contributed by atoms with Gasteiger partial charge in [0, 0.05) is 35.8 Å². The lowest BCUT2D eigenvalue weighted by molar-refractivity contribution is -0.00545. The van der Waals surface area contributed by atoms with Gasteiger partial charge in [-0.25, -0.2) is 13.4 Å². The molecule has 0 radical (unpaired) electrons. The quantitative estimate of drug-likeness (QED) is 0.382. The van der Waals surface area contributed by atoms with Crippen LogP contribution in [0.3, 0.4) is 0 Å². The van der Waals surface area contributed by atoms with Gasteiger partial charge in [-0.3, -0.25) is 14.8 Å². The predicted octanol–water partition coefficient (Wildman–Crippen LogP) is 3.54. The van der Waals surface area contributed by atoms with E-state index < -0.39 is 9.84 Å². The normalized spacial score (nSPS) is 20.3. The number of anilines is 1. The van der Waals surface area contributed by atoms with Crippen LogP contribution in [0.4, 0.5) is 5.82 Å². The predicted molar refractivity (Wildman–Crippen MR) is 154 cm³/mol. The largest absolute Gasteiger partial charge is 0.376 e. The second kappa shape index (κ2) is 11.2. The van der Waals surface area contributed by atoms with Gasteiger partial charge in [-0.15, -0.1) is 0 Å². The van der Waals surface area contributed by atoms with Gasteiger partial charge in [-0.2, -0.15) is 0 Å². The van der Waals surface area contributed by atoms with E-state index in [0.717, 1.165) is 41.1 Å². The average Bonchev–Trinajstić information content (AvgIpc) is 3.12. The highest BCUT2D eigenvalue weighted by atomic mass is 32.2. The van der Waals surface area contributed by atoms with Crippen LogP contribution in [0.5, 0.6) is 0 Å². The van der Waals surface area contributed by atoms with E-state index in [-0.39, 0.29) is 54.1 Å². The zero-order chi connectivity index (χ0) is 28.6. The van der Waals surface area contributed by atoms with Crippen molar-refractivity contribution in [1.29, 1.82) is 0 Å². The molecule has 0 spiro atoms. The van der Waals surface area contributed by atoms with Gasteiger partial charge >= 0.3 is 0 Å². The zero-order valence-electron chi connectivity index (χ0n) is 22.9. The number of nitrogens with one attached hydrogen (secondary N) is 1. The molecular weight excluding hydrogens is 542 g/mol. The fraction of sp³-hybridized carbons (Fsp3) is 0.333. The van der Waals surface area contributed by atoms with Gasteiger partial charge in [0.15, 0.2) is 9.84 Å². The Morgan fingerprint density at radius 3 is 2.71 bits per heavy atom. The molecule has 0 bridgehead atoms. The molecule has 0 unspecified atom stereocenters. The Morgan fingerprint density at radius 1 is 1.05 bits per heavy atom. The third kappa shape index (κ3) is 5.92. The molecule has 1 aromatic carbocycles.